The molecule has 0 aliphatic heterocycles. The van der Waals surface area contributed by atoms with E-state index in [9.17, 15) is 41.8 Å². The fraction of sp³-hybridized carbons (Fsp3) is 0.258. The van der Waals surface area contributed by atoms with E-state index in [0.29, 0.717) is 12.0 Å². The Kier molecular flexibility index (Phi) is 14.7. The number of carbonyl (C=O) groups excluding carboxylic acids is 3. The Morgan fingerprint density at radius 1 is 0.739 bits per heavy atom. The van der Waals surface area contributed by atoms with Gasteiger partial charge in [-0.25, -0.2) is 14.0 Å². The van der Waals surface area contributed by atoms with E-state index in [2.05, 4.69) is 21.3 Å². The Labute approximate surface area is 261 Å². The van der Waals surface area contributed by atoms with Crippen molar-refractivity contribution >= 4 is 29.8 Å². The second-order valence-corrected chi connectivity index (χ2v) is 9.63. The fourth-order valence-corrected chi connectivity index (χ4v) is 3.78. The third-order valence-corrected chi connectivity index (χ3v) is 6.06. The van der Waals surface area contributed by atoms with E-state index in [-0.39, 0.29) is 44.2 Å². The molecule has 15 heteroatoms. The average Bonchev–Trinajstić information content (AvgIpc) is 3.01. The summed E-state index contributed by atoms with van der Waals surface area (Å²) in [4.78, 5) is 56.6. The molecule has 3 aromatic rings. The lowest BCUT2D eigenvalue weighted by molar-refractivity contribution is -0.192. The average molecular weight is 649 g/mol. The summed E-state index contributed by atoms with van der Waals surface area (Å²) in [6.45, 7) is 0.179. The summed E-state index contributed by atoms with van der Waals surface area (Å²) < 4.78 is 44.6. The molecule has 11 nitrogen and oxygen atoms in total. The SMILES string of the molecule is O=C(O)C(F)(F)F.O=C(O)CC(NC(=O)CNC(=O)CCCNC(=O)NCc1ccc(F)cc1)c1ccc(-c2ccccc2)cc1. The van der Waals surface area contributed by atoms with Gasteiger partial charge in [0.15, 0.2) is 0 Å². The molecule has 0 aliphatic carbocycles. The first-order chi connectivity index (χ1) is 21.7. The van der Waals surface area contributed by atoms with E-state index in [1.165, 1.54) is 12.1 Å². The minimum atomic E-state index is -5.08. The van der Waals surface area contributed by atoms with E-state index < -0.39 is 36.1 Å². The highest BCUT2D eigenvalue weighted by Gasteiger charge is 2.38. The number of halogens is 4. The molecule has 0 radical (unpaired) electrons. The van der Waals surface area contributed by atoms with Crippen LogP contribution in [0.25, 0.3) is 11.1 Å². The lowest BCUT2D eigenvalue weighted by Gasteiger charge is -2.18. The Morgan fingerprint density at radius 2 is 1.33 bits per heavy atom. The van der Waals surface area contributed by atoms with Crippen LogP contribution in [0.1, 0.15) is 36.4 Å². The first-order valence-corrected chi connectivity index (χ1v) is 13.7. The maximum absolute atomic E-state index is 12.9. The van der Waals surface area contributed by atoms with E-state index in [0.717, 1.165) is 16.7 Å². The standard InChI is InChI=1S/C29H31FN4O5.C2HF3O2/c30-24-14-8-20(9-15-24)18-33-29(39)31-16-4-7-26(35)32-19-27(36)34-25(17-28(37)38)23-12-10-22(11-13-23)21-5-2-1-3-6-21;3-2(4,5)1(6)7/h1-3,5-6,8-15,25H,4,7,16-19H2,(H,32,35)(H,34,36)(H,37,38)(H2,31,33,39);(H,6,7). The highest BCUT2D eigenvalue weighted by molar-refractivity contribution is 5.85. The van der Waals surface area contributed by atoms with E-state index in [4.69, 9.17) is 9.90 Å². The molecule has 0 aromatic heterocycles. The predicted molar refractivity (Wildman–Crippen MR) is 158 cm³/mol. The van der Waals surface area contributed by atoms with E-state index in [1.54, 1.807) is 24.3 Å². The number of carboxylic acid groups (broad SMARTS) is 2. The van der Waals surface area contributed by atoms with Crippen LogP contribution in [-0.2, 0) is 25.7 Å². The molecule has 3 aromatic carbocycles. The first-order valence-electron chi connectivity index (χ1n) is 13.7. The zero-order valence-corrected chi connectivity index (χ0v) is 24.3. The predicted octanol–water partition coefficient (Wildman–Crippen LogP) is 4.15. The number of rotatable bonds is 13. The van der Waals surface area contributed by atoms with Gasteiger partial charge in [-0.3, -0.25) is 14.4 Å². The van der Waals surface area contributed by atoms with Crippen LogP contribution in [0.3, 0.4) is 0 Å². The van der Waals surface area contributed by atoms with Gasteiger partial charge in [0, 0.05) is 19.5 Å². The van der Waals surface area contributed by atoms with Crippen LogP contribution in [-0.4, -0.2) is 59.3 Å². The Morgan fingerprint density at radius 3 is 1.89 bits per heavy atom. The molecule has 0 bridgehead atoms. The fourth-order valence-electron chi connectivity index (χ4n) is 3.78. The topological polar surface area (TPSA) is 174 Å². The van der Waals surface area contributed by atoms with Crippen molar-refractivity contribution in [2.45, 2.75) is 38.0 Å². The minimum absolute atomic E-state index is 0.0883. The van der Waals surface area contributed by atoms with Crippen molar-refractivity contribution in [3.8, 4) is 11.1 Å². The van der Waals surface area contributed by atoms with Crippen molar-refractivity contribution in [3.05, 3.63) is 95.8 Å². The molecule has 0 saturated heterocycles. The number of carboxylic acids is 2. The zero-order valence-electron chi connectivity index (χ0n) is 24.3. The van der Waals surface area contributed by atoms with Crippen LogP contribution < -0.4 is 21.3 Å². The van der Waals surface area contributed by atoms with Crippen molar-refractivity contribution in [2.24, 2.45) is 0 Å². The molecule has 1 unspecified atom stereocenters. The molecule has 246 valence electrons. The normalized spacial score (nSPS) is 11.2. The van der Waals surface area contributed by atoms with Gasteiger partial charge in [0.1, 0.15) is 5.82 Å². The molecule has 0 aliphatic rings. The Bertz CT molecular complexity index is 1450. The van der Waals surface area contributed by atoms with Gasteiger partial charge in [-0.2, -0.15) is 13.2 Å². The van der Waals surface area contributed by atoms with Gasteiger partial charge in [-0.1, -0.05) is 66.7 Å². The minimum Gasteiger partial charge on any atom is -0.481 e. The molecule has 6 N–H and O–H groups in total. The largest absolute Gasteiger partial charge is 0.490 e. The molecular formula is C31H32F4N4O7. The lowest BCUT2D eigenvalue weighted by Crippen LogP contribution is -2.39. The van der Waals surface area contributed by atoms with Crippen molar-refractivity contribution in [3.63, 3.8) is 0 Å². The van der Waals surface area contributed by atoms with Crippen molar-refractivity contribution in [2.75, 3.05) is 13.1 Å². The van der Waals surface area contributed by atoms with Gasteiger partial charge in [-0.15, -0.1) is 0 Å². The number of aliphatic carboxylic acids is 2. The van der Waals surface area contributed by atoms with E-state index in [1.807, 2.05) is 42.5 Å². The van der Waals surface area contributed by atoms with Gasteiger partial charge >= 0.3 is 24.1 Å². The van der Waals surface area contributed by atoms with Gasteiger partial charge in [0.05, 0.1) is 19.0 Å². The van der Waals surface area contributed by atoms with Gasteiger partial charge in [-0.05, 0) is 40.8 Å². The third-order valence-electron chi connectivity index (χ3n) is 6.06. The Balaban J connectivity index is 0.000000942. The highest BCUT2D eigenvalue weighted by atomic mass is 19.4. The van der Waals surface area contributed by atoms with E-state index >= 15 is 0 Å². The third kappa shape index (κ3) is 14.3. The van der Waals surface area contributed by atoms with Crippen molar-refractivity contribution < 1.29 is 51.7 Å². The first kappa shape index (κ1) is 36.7. The lowest BCUT2D eigenvalue weighted by atomic mass is 9.99. The number of hydrogen-bond acceptors (Lipinski definition) is 5. The number of benzene rings is 3. The number of alkyl halides is 3. The molecule has 3 rings (SSSR count). The van der Waals surface area contributed by atoms with Crippen LogP contribution >= 0.6 is 0 Å². The smallest absolute Gasteiger partial charge is 0.481 e. The van der Waals surface area contributed by atoms with Crippen LogP contribution in [0.15, 0.2) is 78.9 Å². The van der Waals surface area contributed by atoms with Crippen LogP contribution in [0.2, 0.25) is 0 Å². The van der Waals surface area contributed by atoms with Gasteiger partial charge in [0.25, 0.3) is 0 Å². The number of hydrogen-bond donors (Lipinski definition) is 6. The maximum atomic E-state index is 12.9. The molecule has 0 spiro atoms. The molecular weight excluding hydrogens is 616 g/mol. The van der Waals surface area contributed by atoms with Crippen molar-refractivity contribution in [1.29, 1.82) is 0 Å². The maximum Gasteiger partial charge on any atom is 0.490 e. The van der Waals surface area contributed by atoms with Gasteiger partial charge < -0.3 is 31.5 Å². The van der Waals surface area contributed by atoms with Crippen molar-refractivity contribution in [1.82, 2.24) is 21.3 Å². The van der Waals surface area contributed by atoms with Crippen LogP contribution in [0, 0.1) is 5.82 Å². The second kappa shape index (κ2) is 18.4. The summed E-state index contributed by atoms with van der Waals surface area (Å²) in [6, 6.07) is 21.6. The summed E-state index contributed by atoms with van der Waals surface area (Å²) in [5, 5.41) is 26.9. The molecule has 0 fully saturated rings. The number of amides is 4. The zero-order chi connectivity index (χ0) is 34.1. The molecule has 1 atom stereocenters. The number of carbonyl (C=O) groups is 5. The summed E-state index contributed by atoms with van der Waals surface area (Å²) in [6.07, 6.45) is -4.95. The monoisotopic (exact) mass is 648 g/mol. The van der Waals surface area contributed by atoms with Gasteiger partial charge in [0.2, 0.25) is 11.8 Å². The highest BCUT2D eigenvalue weighted by Crippen LogP contribution is 2.23. The summed E-state index contributed by atoms with van der Waals surface area (Å²) in [5.74, 6) is -5.06. The summed E-state index contributed by atoms with van der Waals surface area (Å²) in [5.41, 5.74) is 3.37. The van der Waals surface area contributed by atoms with Crippen LogP contribution in [0.4, 0.5) is 22.4 Å². The second-order valence-electron chi connectivity index (χ2n) is 9.63. The Hall–Kier alpha value is -5.47. The number of urea groups is 1. The number of nitrogens with one attached hydrogen (secondary N) is 4. The molecule has 0 heterocycles. The molecule has 0 saturated carbocycles. The summed E-state index contributed by atoms with van der Waals surface area (Å²) >= 11 is 0. The summed E-state index contributed by atoms with van der Waals surface area (Å²) in [7, 11) is 0. The quantitative estimate of drug-likeness (QED) is 0.119. The molecule has 46 heavy (non-hydrogen) atoms. The molecule has 4 amide bonds. The van der Waals surface area contributed by atoms with Crippen LogP contribution in [0.5, 0.6) is 0 Å².